The van der Waals surface area contributed by atoms with Gasteiger partial charge in [-0.3, -0.25) is 0 Å². The molecule has 2 aromatic rings. The van der Waals surface area contributed by atoms with Gasteiger partial charge in [-0.05, 0) is 37.4 Å². The van der Waals surface area contributed by atoms with Crippen LogP contribution in [0, 0.1) is 5.82 Å². The largest absolute Gasteiger partial charge is 0.485 e. The fourth-order valence-electron chi connectivity index (χ4n) is 2.67. The maximum atomic E-state index is 13.2. The van der Waals surface area contributed by atoms with Crippen LogP contribution in [0.3, 0.4) is 0 Å². The Morgan fingerprint density at radius 1 is 1.24 bits per heavy atom. The third kappa shape index (κ3) is 2.93. The van der Waals surface area contributed by atoms with Crippen molar-refractivity contribution in [1.82, 2.24) is 5.32 Å². The SMILES string of the molecule is CNC1CC(c2ccc(F)cc2Cl)Oc2ccc(Br)cc21. The highest BCUT2D eigenvalue weighted by atomic mass is 79.9. The zero-order valence-electron chi connectivity index (χ0n) is 11.4. The maximum absolute atomic E-state index is 13.2. The molecule has 2 aromatic carbocycles. The Hall–Kier alpha value is -1.10. The van der Waals surface area contributed by atoms with E-state index in [0.717, 1.165) is 27.8 Å². The van der Waals surface area contributed by atoms with Crippen molar-refractivity contribution in [2.24, 2.45) is 0 Å². The second-order valence-electron chi connectivity index (χ2n) is 5.03. The van der Waals surface area contributed by atoms with E-state index in [1.807, 2.05) is 19.2 Å². The molecule has 2 nitrogen and oxygen atoms in total. The van der Waals surface area contributed by atoms with E-state index in [0.29, 0.717) is 5.02 Å². The van der Waals surface area contributed by atoms with E-state index >= 15 is 0 Å². The molecule has 0 spiro atoms. The molecule has 3 rings (SSSR count). The Morgan fingerprint density at radius 3 is 2.76 bits per heavy atom. The van der Waals surface area contributed by atoms with Gasteiger partial charge in [0.05, 0.1) is 5.02 Å². The van der Waals surface area contributed by atoms with E-state index in [2.05, 4.69) is 27.3 Å². The molecule has 5 heteroatoms. The molecule has 0 amide bonds. The Balaban J connectivity index is 1.98. The number of halogens is 3. The summed E-state index contributed by atoms with van der Waals surface area (Å²) in [6.07, 6.45) is 0.551. The van der Waals surface area contributed by atoms with E-state index < -0.39 is 0 Å². The second-order valence-corrected chi connectivity index (χ2v) is 6.35. The van der Waals surface area contributed by atoms with Crippen LogP contribution in [-0.2, 0) is 0 Å². The number of hydrogen-bond acceptors (Lipinski definition) is 2. The standard InChI is InChI=1S/C16H14BrClFNO/c1-20-14-8-16(11-4-3-10(19)7-13(11)18)21-15-5-2-9(17)6-12(14)15/h2-7,14,16,20H,8H2,1H3. The minimum atomic E-state index is -0.339. The monoisotopic (exact) mass is 369 g/mol. The van der Waals surface area contributed by atoms with Crippen molar-refractivity contribution in [2.45, 2.75) is 18.6 Å². The lowest BCUT2D eigenvalue weighted by Gasteiger charge is -2.33. The molecule has 21 heavy (non-hydrogen) atoms. The van der Waals surface area contributed by atoms with Gasteiger partial charge in [-0.2, -0.15) is 0 Å². The van der Waals surface area contributed by atoms with Crippen molar-refractivity contribution in [1.29, 1.82) is 0 Å². The number of benzene rings is 2. The summed E-state index contributed by atoms with van der Waals surface area (Å²) < 4.78 is 20.3. The highest BCUT2D eigenvalue weighted by molar-refractivity contribution is 9.10. The molecule has 1 N–H and O–H groups in total. The minimum Gasteiger partial charge on any atom is -0.485 e. The molecule has 1 heterocycles. The predicted molar refractivity (Wildman–Crippen MR) is 85.3 cm³/mol. The molecule has 2 unspecified atom stereocenters. The normalized spacial score (nSPS) is 20.8. The van der Waals surface area contributed by atoms with Crippen LogP contribution < -0.4 is 10.1 Å². The summed E-state index contributed by atoms with van der Waals surface area (Å²) in [4.78, 5) is 0. The van der Waals surface area contributed by atoms with Gasteiger partial charge in [0.15, 0.2) is 0 Å². The van der Waals surface area contributed by atoms with Gasteiger partial charge in [-0.15, -0.1) is 0 Å². The molecule has 0 radical (unpaired) electrons. The van der Waals surface area contributed by atoms with Crippen molar-refractivity contribution < 1.29 is 9.13 Å². The number of fused-ring (bicyclic) bond motifs is 1. The highest BCUT2D eigenvalue weighted by Gasteiger charge is 2.29. The van der Waals surface area contributed by atoms with Gasteiger partial charge in [0.25, 0.3) is 0 Å². The summed E-state index contributed by atoms with van der Waals surface area (Å²) in [5.74, 6) is 0.489. The summed E-state index contributed by atoms with van der Waals surface area (Å²) >= 11 is 9.64. The van der Waals surface area contributed by atoms with Gasteiger partial charge in [-0.25, -0.2) is 4.39 Å². The Kier molecular flexibility index (Phi) is 4.20. The topological polar surface area (TPSA) is 21.3 Å². The molecule has 0 fully saturated rings. The number of ether oxygens (including phenoxy) is 1. The molecule has 0 bridgehead atoms. The average Bonchev–Trinajstić information content (AvgIpc) is 2.46. The van der Waals surface area contributed by atoms with Crippen LogP contribution in [0.1, 0.15) is 29.7 Å². The Morgan fingerprint density at radius 2 is 2.05 bits per heavy atom. The van der Waals surface area contributed by atoms with Crippen molar-refractivity contribution in [3.63, 3.8) is 0 Å². The zero-order valence-corrected chi connectivity index (χ0v) is 13.7. The van der Waals surface area contributed by atoms with Crippen LogP contribution in [0.2, 0.25) is 5.02 Å². The van der Waals surface area contributed by atoms with Crippen molar-refractivity contribution in [2.75, 3.05) is 7.05 Å². The Labute approximate surface area is 136 Å². The van der Waals surface area contributed by atoms with Gasteiger partial charge in [0.1, 0.15) is 17.7 Å². The average molecular weight is 371 g/mol. The van der Waals surface area contributed by atoms with E-state index in [1.54, 1.807) is 6.07 Å². The van der Waals surface area contributed by atoms with E-state index in [9.17, 15) is 4.39 Å². The molecule has 0 aliphatic carbocycles. The molecule has 0 saturated heterocycles. The van der Waals surface area contributed by atoms with Crippen LogP contribution in [0.4, 0.5) is 4.39 Å². The van der Waals surface area contributed by atoms with Crippen LogP contribution in [0.5, 0.6) is 5.75 Å². The van der Waals surface area contributed by atoms with Gasteiger partial charge < -0.3 is 10.1 Å². The fourth-order valence-corrected chi connectivity index (χ4v) is 3.34. The van der Waals surface area contributed by atoms with Crippen LogP contribution in [0.15, 0.2) is 40.9 Å². The first kappa shape index (κ1) is 14.8. The van der Waals surface area contributed by atoms with Crippen LogP contribution in [0.25, 0.3) is 0 Å². The third-order valence-corrected chi connectivity index (χ3v) is 4.54. The van der Waals surface area contributed by atoms with E-state index in [1.165, 1.54) is 12.1 Å². The zero-order chi connectivity index (χ0) is 15.0. The van der Waals surface area contributed by atoms with Crippen molar-refractivity contribution in [3.8, 4) is 5.75 Å². The first-order chi connectivity index (χ1) is 10.1. The first-order valence-corrected chi connectivity index (χ1v) is 7.84. The molecule has 2 atom stereocenters. The molecule has 0 saturated carbocycles. The molecule has 1 aliphatic heterocycles. The van der Waals surface area contributed by atoms with Gasteiger partial charge in [0, 0.05) is 28.1 Å². The molecule has 110 valence electrons. The predicted octanol–water partition coefficient (Wildman–Crippen LogP) is 5.03. The van der Waals surface area contributed by atoms with Crippen LogP contribution >= 0.6 is 27.5 Å². The molecule has 1 aliphatic rings. The highest BCUT2D eigenvalue weighted by Crippen LogP contribution is 2.43. The number of hydrogen-bond donors (Lipinski definition) is 1. The summed E-state index contributed by atoms with van der Waals surface area (Å²) in [5, 5.41) is 3.70. The smallest absolute Gasteiger partial charge is 0.127 e. The quantitative estimate of drug-likeness (QED) is 0.801. The summed E-state index contributed by atoms with van der Waals surface area (Å²) in [6, 6.07) is 10.5. The number of nitrogens with one attached hydrogen (secondary N) is 1. The number of rotatable bonds is 2. The summed E-state index contributed by atoms with van der Waals surface area (Å²) in [6.45, 7) is 0. The lowest BCUT2D eigenvalue weighted by Crippen LogP contribution is -2.27. The van der Waals surface area contributed by atoms with Gasteiger partial charge >= 0.3 is 0 Å². The van der Waals surface area contributed by atoms with E-state index in [4.69, 9.17) is 16.3 Å². The maximum Gasteiger partial charge on any atom is 0.127 e. The van der Waals surface area contributed by atoms with Crippen LogP contribution in [-0.4, -0.2) is 7.05 Å². The van der Waals surface area contributed by atoms with Gasteiger partial charge in [-0.1, -0.05) is 33.6 Å². The van der Waals surface area contributed by atoms with Crippen molar-refractivity contribution >= 4 is 27.5 Å². The first-order valence-electron chi connectivity index (χ1n) is 6.67. The van der Waals surface area contributed by atoms with E-state index in [-0.39, 0.29) is 18.0 Å². The molecular weight excluding hydrogens is 357 g/mol. The lowest BCUT2D eigenvalue weighted by atomic mass is 9.93. The Bertz CT molecular complexity index is 679. The summed E-state index contributed by atoms with van der Waals surface area (Å²) in [5.41, 5.74) is 1.92. The van der Waals surface area contributed by atoms with Gasteiger partial charge in [0.2, 0.25) is 0 Å². The summed E-state index contributed by atoms with van der Waals surface area (Å²) in [7, 11) is 1.92. The molecule has 0 aromatic heterocycles. The lowest BCUT2D eigenvalue weighted by molar-refractivity contribution is 0.154. The second kappa shape index (κ2) is 5.95. The third-order valence-electron chi connectivity index (χ3n) is 3.72. The fraction of sp³-hybridized carbons (Fsp3) is 0.250. The minimum absolute atomic E-state index is 0.164. The van der Waals surface area contributed by atoms with Crippen molar-refractivity contribution in [3.05, 3.63) is 62.8 Å². The molecular formula is C16H14BrClFNO.